The van der Waals surface area contributed by atoms with Crippen molar-refractivity contribution in [3.05, 3.63) is 100 Å². The molecule has 6 rings (SSSR count). The summed E-state index contributed by atoms with van der Waals surface area (Å²) in [7, 11) is 0. The number of aromatic nitrogens is 2. The topological polar surface area (TPSA) is 144 Å². The van der Waals surface area contributed by atoms with Crippen LogP contribution in [-0.4, -0.2) is 123 Å². The number of carbonyl (C=O) groups is 2. The fourth-order valence-corrected chi connectivity index (χ4v) is 10.0. The molecule has 4 aromatic rings. The normalized spacial score (nSPS) is 15.7. The second kappa shape index (κ2) is 25.9. The fraction of sp³-hybridized carbons (Fsp3) is 0.520. The van der Waals surface area contributed by atoms with E-state index in [1.54, 1.807) is 22.2 Å². The van der Waals surface area contributed by atoms with Gasteiger partial charge in [0.05, 0.1) is 12.2 Å². The Morgan fingerprint density at radius 1 is 0.688 bits per heavy atom. The zero-order valence-corrected chi connectivity index (χ0v) is 43.7. The van der Waals surface area contributed by atoms with E-state index in [2.05, 4.69) is 89.8 Å². The number of amides is 2. The maximum atomic E-state index is 12.2. The van der Waals surface area contributed by atoms with Crippen molar-refractivity contribution in [1.82, 2.24) is 19.8 Å². The van der Waals surface area contributed by atoms with Gasteiger partial charge in [-0.3, -0.25) is 4.98 Å². The SMILES string of the molecule is C.CC(C)(C)OC(=O)N1CC[C@H]1COc1cnc[c]([Sn]([CH3])([CH3])[CH3])c1.CC(C)(C)OC(=O)N1CC[C@H]1COc1cncc(-c2cccc(CCCO)c2)c1.OCCCc1cccc(I)c1. The van der Waals surface area contributed by atoms with Crippen LogP contribution in [0.25, 0.3) is 11.1 Å². The fourth-order valence-electron chi connectivity index (χ4n) is 6.46. The van der Waals surface area contributed by atoms with Crippen molar-refractivity contribution in [2.24, 2.45) is 0 Å². The van der Waals surface area contributed by atoms with Gasteiger partial charge in [0.15, 0.2) is 0 Å². The van der Waals surface area contributed by atoms with Crippen LogP contribution in [0.4, 0.5) is 9.59 Å². The first kappa shape index (κ1) is 54.7. The number of ether oxygens (including phenoxy) is 4. The first-order valence-corrected chi connectivity index (χ1v) is 33.0. The summed E-state index contributed by atoms with van der Waals surface area (Å²) >= 11 is 0.160. The van der Waals surface area contributed by atoms with Gasteiger partial charge in [0.2, 0.25) is 0 Å². The number of rotatable bonds is 14. The molecule has 2 fully saturated rings. The van der Waals surface area contributed by atoms with Crippen LogP contribution in [0.5, 0.6) is 11.5 Å². The van der Waals surface area contributed by atoms with Gasteiger partial charge in [-0.1, -0.05) is 43.8 Å². The van der Waals surface area contributed by atoms with Crippen molar-refractivity contribution < 1.29 is 38.7 Å². The molecule has 2 saturated heterocycles. The summed E-state index contributed by atoms with van der Waals surface area (Å²) < 4.78 is 25.3. The van der Waals surface area contributed by atoms with Crippen molar-refractivity contribution in [3.63, 3.8) is 0 Å². The molecule has 0 bridgehead atoms. The molecule has 2 aromatic heterocycles. The van der Waals surface area contributed by atoms with E-state index in [0.29, 0.717) is 25.5 Å². The zero-order chi connectivity index (χ0) is 46.2. The number of benzene rings is 2. The standard InChI is InChI=1S/C23H30N2O4.C14H19N2O3.C9H11IO.CH4.3CH3.Sn/c1-23(2,3)29-22(27)25-10-9-20(25)16-28-21-13-19(14-24-15-21)18-8-4-6-17(12-18)7-5-11-26;1-14(2,3)19-13(17)16-8-6-11(16)10-18-12-5-4-7-15-9-12;10-9-5-1-3-8(7-9)4-2-6-11;;;;;/h4,6,8,12-15,20,26H,5,7,9-11,16H2,1-3H3;5,7,9,11H,6,8,10H2,1-3H3;1,3,5,7,11H,2,4,6H2;1H4;3*1H3;/t20-;11-;;;;;;/m00....../s1. The third kappa shape index (κ3) is 19.0. The molecule has 0 unspecified atom stereocenters. The van der Waals surface area contributed by atoms with Gasteiger partial charge < -0.3 is 24.6 Å². The summed E-state index contributed by atoms with van der Waals surface area (Å²) in [5.74, 6) is 1.48. The molecule has 0 aliphatic carbocycles. The first-order chi connectivity index (χ1) is 29.7. The van der Waals surface area contributed by atoms with E-state index in [1.807, 2.05) is 72.1 Å². The first-order valence-electron chi connectivity index (χ1n) is 22.0. The van der Waals surface area contributed by atoms with Gasteiger partial charge in [-0.15, -0.1) is 0 Å². The van der Waals surface area contributed by atoms with Gasteiger partial charge in [-0.2, -0.15) is 0 Å². The number of carbonyl (C=O) groups excluding carboxylic acids is 2. The number of hydrogen-bond acceptors (Lipinski definition) is 10. The van der Waals surface area contributed by atoms with Crippen LogP contribution >= 0.6 is 22.6 Å². The predicted octanol–water partition coefficient (Wildman–Crippen LogP) is 9.93. The molecular formula is C50H73IN4O8Sn. The summed E-state index contributed by atoms with van der Waals surface area (Å²) in [6.07, 6.45) is 12.0. The molecule has 12 nitrogen and oxygen atoms in total. The number of halogens is 1. The minimum Gasteiger partial charge on any atom is -0.490 e. The maximum Gasteiger partial charge on any atom is 0.410 e. The molecule has 2 aromatic carbocycles. The number of likely N-dealkylation sites (tertiary alicyclic amines) is 2. The summed E-state index contributed by atoms with van der Waals surface area (Å²) in [6.45, 7) is 14.1. The van der Waals surface area contributed by atoms with E-state index in [-0.39, 0.29) is 44.9 Å². The van der Waals surface area contributed by atoms with Crippen LogP contribution in [0.1, 0.15) is 85.8 Å². The van der Waals surface area contributed by atoms with Crippen molar-refractivity contribution in [1.29, 1.82) is 0 Å². The van der Waals surface area contributed by atoms with E-state index in [1.165, 1.54) is 18.3 Å². The summed E-state index contributed by atoms with van der Waals surface area (Å²) in [4.78, 5) is 43.4. The Hall–Kier alpha value is -3.67. The van der Waals surface area contributed by atoms with Crippen LogP contribution in [0.2, 0.25) is 14.8 Å². The molecule has 64 heavy (non-hydrogen) atoms. The monoisotopic (exact) mass is 1100 g/mol. The minimum absolute atomic E-state index is 0. The Kier molecular flexibility index (Phi) is 22.1. The van der Waals surface area contributed by atoms with Gasteiger partial charge in [0.25, 0.3) is 0 Å². The summed E-state index contributed by atoms with van der Waals surface area (Å²) in [6, 6.07) is 20.8. The smallest absolute Gasteiger partial charge is 0.410 e. The van der Waals surface area contributed by atoms with Gasteiger partial charge in [0, 0.05) is 35.1 Å². The minimum atomic E-state index is -2.13. The second-order valence-electron chi connectivity index (χ2n) is 18.9. The van der Waals surface area contributed by atoms with E-state index < -0.39 is 29.6 Å². The van der Waals surface area contributed by atoms with E-state index >= 15 is 0 Å². The van der Waals surface area contributed by atoms with E-state index in [4.69, 9.17) is 29.2 Å². The average molecular weight is 1100 g/mol. The number of nitrogens with zero attached hydrogens (tertiary/aromatic N) is 4. The molecular weight excluding hydrogens is 1030 g/mol. The van der Waals surface area contributed by atoms with Crippen LogP contribution in [0.3, 0.4) is 0 Å². The Morgan fingerprint density at radius 2 is 1.17 bits per heavy atom. The molecule has 0 radical (unpaired) electrons. The Morgan fingerprint density at radius 3 is 1.62 bits per heavy atom. The van der Waals surface area contributed by atoms with Crippen molar-refractivity contribution in [2.45, 2.75) is 126 Å². The molecule has 4 heterocycles. The van der Waals surface area contributed by atoms with Crippen molar-refractivity contribution in [2.75, 3.05) is 39.5 Å². The van der Waals surface area contributed by atoms with Gasteiger partial charge in [0.1, 0.15) is 18.0 Å². The Balaban J connectivity index is 0.000000277. The van der Waals surface area contributed by atoms with Gasteiger partial charge >= 0.3 is 149 Å². The number of aliphatic hydroxyl groups excluding tert-OH is 2. The molecule has 352 valence electrons. The van der Waals surface area contributed by atoms with Crippen LogP contribution in [0.15, 0.2) is 85.5 Å². The molecule has 2 N–H and O–H groups in total. The Bertz CT molecular complexity index is 2050. The molecule has 0 spiro atoms. The van der Waals surface area contributed by atoms with E-state index in [9.17, 15) is 9.59 Å². The third-order valence-electron chi connectivity index (χ3n) is 10.1. The van der Waals surface area contributed by atoms with Crippen LogP contribution in [-0.2, 0) is 22.3 Å². The largest absolute Gasteiger partial charge is 0.490 e. The zero-order valence-electron chi connectivity index (χ0n) is 38.7. The molecule has 14 heteroatoms. The third-order valence-corrected chi connectivity index (χ3v) is 16.5. The van der Waals surface area contributed by atoms with Crippen LogP contribution in [0, 0.1) is 3.57 Å². The summed E-state index contributed by atoms with van der Waals surface area (Å²) in [5, 5.41) is 17.6. The van der Waals surface area contributed by atoms with Crippen molar-refractivity contribution in [3.8, 4) is 22.6 Å². The molecule has 2 atom stereocenters. The molecule has 2 aliphatic heterocycles. The van der Waals surface area contributed by atoms with Crippen molar-refractivity contribution >= 4 is 56.7 Å². The number of pyridine rings is 2. The summed E-state index contributed by atoms with van der Waals surface area (Å²) in [5.41, 5.74) is 3.58. The average Bonchev–Trinajstić information content (AvgIpc) is 3.18. The molecule has 2 amide bonds. The maximum absolute atomic E-state index is 12.2. The molecule has 0 saturated carbocycles. The predicted molar refractivity (Wildman–Crippen MR) is 267 cm³/mol. The number of aliphatic hydroxyl groups is 2. The number of hydrogen-bond donors (Lipinski definition) is 2. The van der Waals surface area contributed by atoms with Gasteiger partial charge in [-0.25, -0.2) is 4.79 Å². The van der Waals surface area contributed by atoms with E-state index in [0.717, 1.165) is 61.9 Å². The Labute approximate surface area is 400 Å². The quantitative estimate of drug-likeness (QED) is 0.0926. The van der Waals surface area contributed by atoms with Gasteiger partial charge in [-0.05, 0) is 110 Å². The molecule has 2 aliphatic rings. The number of aryl methyl sites for hydroxylation is 2. The second-order valence-corrected chi connectivity index (χ2v) is 34.6. The van der Waals surface area contributed by atoms with Crippen LogP contribution < -0.4 is 13.1 Å².